The zero-order valence-electron chi connectivity index (χ0n) is 13.6. The highest BCUT2D eigenvalue weighted by atomic mass is 16.5. The van der Waals surface area contributed by atoms with Crippen molar-refractivity contribution in [1.29, 1.82) is 0 Å². The summed E-state index contributed by atoms with van der Waals surface area (Å²) in [5.74, 6) is 0. The van der Waals surface area contributed by atoms with E-state index in [1.54, 1.807) is 0 Å². The highest BCUT2D eigenvalue weighted by Crippen LogP contribution is 2.42. The van der Waals surface area contributed by atoms with E-state index < -0.39 is 6.10 Å². The van der Waals surface area contributed by atoms with Gasteiger partial charge in [-0.05, 0) is 46.5 Å². The minimum Gasteiger partial charge on any atom is -0.389 e. The van der Waals surface area contributed by atoms with E-state index in [9.17, 15) is 5.11 Å². The molecule has 1 aromatic rings. The maximum absolute atomic E-state index is 9.96. The number of ether oxygens (including phenoxy) is 1. The van der Waals surface area contributed by atoms with Gasteiger partial charge in [-0.15, -0.1) is 0 Å². The van der Waals surface area contributed by atoms with Crippen molar-refractivity contribution in [2.75, 3.05) is 6.61 Å². The second-order valence-electron chi connectivity index (χ2n) is 6.94. The van der Waals surface area contributed by atoms with E-state index in [0.717, 1.165) is 36.4 Å². The Balaban J connectivity index is 1.85. The molecule has 21 heavy (non-hydrogen) atoms. The third-order valence-electron chi connectivity index (χ3n) is 5.38. The van der Waals surface area contributed by atoms with Crippen LogP contribution >= 0.6 is 0 Å². The van der Waals surface area contributed by atoms with Gasteiger partial charge in [-0.2, -0.15) is 5.10 Å². The van der Waals surface area contributed by atoms with E-state index in [0.29, 0.717) is 6.04 Å². The maximum atomic E-state index is 9.96. The minimum absolute atomic E-state index is 0.0957. The van der Waals surface area contributed by atoms with Crippen molar-refractivity contribution in [1.82, 2.24) is 9.78 Å². The van der Waals surface area contributed by atoms with E-state index in [4.69, 9.17) is 9.84 Å². The van der Waals surface area contributed by atoms with Crippen LogP contribution < -0.4 is 0 Å². The summed E-state index contributed by atoms with van der Waals surface area (Å²) >= 11 is 0. The van der Waals surface area contributed by atoms with Crippen molar-refractivity contribution < 1.29 is 9.84 Å². The van der Waals surface area contributed by atoms with E-state index in [-0.39, 0.29) is 5.60 Å². The zero-order valence-corrected chi connectivity index (χ0v) is 13.6. The average molecular weight is 292 g/mol. The first-order chi connectivity index (χ1) is 10.0. The van der Waals surface area contributed by atoms with Crippen molar-refractivity contribution in [3.8, 4) is 0 Å². The predicted molar refractivity (Wildman–Crippen MR) is 82.4 cm³/mol. The molecule has 0 radical (unpaired) electrons. The summed E-state index contributed by atoms with van der Waals surface area (Å²) in [5, 5.41) is 14.7. The molecule has 1 spiro atoms. The molecule has 0 bridgehead atoms. The van der Waals surface area contributed by atoms with Gasteiger partial charge < -0.3 is 9.84 Å². The van der Waals surface area contributed by atoms with Gasteiger partial charge >= 0.3 is 0 Å². The number of aryl methyl sites for hydroxylation is 1. The van der Waals surface area contributed by atoms with Crippen molar-refractivity contribution in [3.05, 3.63) is 17.0 Å². The molecule has 1 aromatic heterocycles. The Morgan fingerprint density at radius 1 is 1.29 bits per heavy atom. The SMILES string of the molecule is Cc1nn(C2CCOC3(CCCCC3)C2)c(C)c1C(C)O. The number of aliphatic hydroxyl groups is 1. The first-order valence-electron chi connectivity index (χ1n) is 8.40. The molecule has 118 valence electrons. The monoisotopic (exact) mass is 292 g/mol. The lowest BCUT2D eigenvalue weighted by Gasteiger charge is -2.43. The molecule has 1 aliphatic carbocycles. The van der Waals surface area contributed by atoms with Gasteiger partial charge in [0.25, 0.3) is 0 Å². The summed E-state index contributed by atoms with van der Waals surface area (Å²) in [4.78, 5) is 0. The fourth-order valence-corrected chi connectivity index (χ4v) is 4.39. The lowest BCUT2D eigenvalue weighted by atomic mass is 9.78. The van der Waals surface area contributed by atoms with E-state index in [1.807, 2.05) is 13.8 Å². The van der Waals surface area contributed by atoms with Crippen LogP contribution in [0.25, 0.3) is 0 Å². The summed E-state index contributed by atoms with van der Waals surface area (Å²) in [6.45, 7) is 6.76. The summed E-state index contributed by atoms with van der Waals surface area (Å²) in [6.07, 6.45) is 8.00. The van der Waals surface area contributed by atoms with Gasteiger partial charge in [0, 0.05) is 17.9 Å². The lowest BCUT2D eigenvalue weighted by Crippen LogP contribution is -2.42. The van der Waals surface area contributed by atoms with Crippen LogP contribution in [0.5, 0.6) is 0 Å². The lowest BCUT2D eigenvalue weighted by molar-refractivity contribution is -0.115. The molecule has 1 saturated carbocycles. The van der Waals surface area contributed by atoms with Gasteiger partial charge in [0.1, 0.15) is 0 Å². The van der Waals surface area contributed by atoms with Crippen LogP contribution in [0.2, 0.25) is 0 Å². The van der Waals surface area contributed by atoms with Gasteiger partial charge in [0.2, 0.25) is 0 Å². The molecule has 2 atom stereocenters. The van der Waals surface area contributed by atoms with Gasteiger partial charge in [-0.1, -0.05) is 19.3 Å². The molecule has 4 nitrogen and oxygen atoms in total. The molecule has 1 N–H and O–H groups in total. The molecule has 2 unspecified atom stereocenters. The van der Waals surface area contributed by atoms with Crippen LogP contribution in [0.4, 0.5) is 0 Å². The molecule has 2 aliphatic rings. The van der Waals surface area contributed by atoms with Crippen molar-refractivity contribution in [2.45, 2.75) is 83.5 Å². The Bertz CT molecular complexity index is 496. The second kappa shape index (κ2) is 5.73. The molecule has 1 aliphatic heterocycles. The number of nitrogens with zero attached hydrogens (tertiary/aromatic N) is 2. The number of aromatic nitrogens is 2. The van der Waals surface area contributed by atoms with Crippen LogP contribution in [0.1, 0.15) is 81.0 Å². The van der Waals surface area contributed by atoms with E-state index in [1.165, 1.54) is 32.1 Å². The van der Waals surface area contributed by atoms with Crippen molar-refractivity contribution in [2.24, 2.45) is 0 Å². The maximum Gasteiger partial charge on any atom is 0.0797 e. The quantitative estimate of drug-likeness (QED) is 0.906. The summed E-state index contributed by atoms with van der Waals surface area (Å²) in [6, 6.07) is 0.419. The molecule has 1 saturated heterocycles. The standard InChI is InChI=1S/C17H28N2O2/c1-12-16(14(3)20)13(2)19(18-12)15-7-10-21-17(11-15)8-5-4-6-9-17/h14-15,20H,4-11H2,1-3H3. The molecule has 4 heteroatoms. The minimum atomic E-state index is -0.442. The van der Waals surface area contributed by atoms with Gasteiger partial charge in [-0.3, -0.25) is 4.68 Å². The topological polar surface area (TPSA) is 47.3 Å². The molecule has 2 heterocycles. The predicted octanol–water partition coefficient (Wildman–Crippen LogP) is 3.61. The fourth-order valence-electron chi connectivity index (χ4n) is 4.39. The number of rotatable bonds is 2. The summed E-state index contributed by atoms with van der Waals surface area (Å²) in [7, 11) is 0. The van der Waals surface area contributed by atoms with Crippen LogP contribution in [0.3, 0.4) is 0 Å². The summed E-state index contributed by atoms with van der Waals surface area (Å²) < 4.78 is 8.35. The Morgan fingerprint density at radius 2 is 2.00 bits per heavy atom. The first kappa shape index (κ1) is 15.0. The highest BCUT2D eigenvalue weighted by molar-refractivity contribution is 5.27. The van der Waals surface area contributed by atoms with Gasteiger partial charge in [0.15, 0.2) is 0 Å². The van der Waals surface area contributed by atoms with Gasteiger partial charge in [-0.25, -0.2) is 0 Å². The fraction of sp³-hybridized carbons (Fsp3) is 0.824. The molecule has 0 amide bonds. The largest absolute Gasteiger partial charge is 0.389 e. The van der Waals surface area contributed by atoms with Crippen LogP contribution in [-0.4, -0.2) is 27.1 Å². The van der Waals surface area contributed by atoms with E-state index >= 15 is 0 Å². The Morgan fingerprint density at radius 3 is 2.62 bits per heavy atom. The van der Waals surface area contributed by atoms with Crippen LogP contribution in [0.15, 0.2) is 0 Å². The molecule has 0 aromatic carbocycles. The Hall–Kier alpha value is -0.870. The number of aliphatic hydroxyl groups excluding tert-OH is 1. The Kier molecular flexibility index (Phi) is 4.10. The summed E-state index contributed by atoms with van der Waals surface area (Å²) in [5.41, 5.74) is 3.18. The van der Waals surface area contributed by atoms with Gasteiger partial charge in [0.05, 0.1) is 23.4 Å². The second-order valence-corrected chi connectivity index (χ2v) is 6.94. The van der Waals surface area contributed by atoms with E-state index in [2.05, 4.69) is 11.6 Å². The number of hydrogen-bond acceptors (Lipinski definition) is 3. The zero-order chi connectivity index (χ0) is 15.0. The smallest absolute Gasteiger partial charge is 0.0797 e. The Labute approximate surface area is 127 Å². The van der Waals surface area contributed by atoms with Crippen molar-refractivity contribution >= 4 is 0 Å². The number of hydrogen-bond donors (Lipinski definition) is 1. The van der Waals surface area contributed by atoms with Crippen LogP contribution in [-0.2, 0) is 4.74 Å². The molecular formula is C17H28N2O2. The van der Waals surface area contributed by atoms with Crippen molar-refractivity contribution in [3.63, 3.8) is 0 Å². The normalized spacial score (nSPS) is 27.0. The third kappa shape index (κ3) is 2.76. The molecule has 2 fully saturated rings. The average Bonchev–Trinajstić information content (AvgIpc) is 2.75. The first-order valence-corrected chi connectivity index (χ1v) is 8.40. The third-order valence-corrected chi connectivity index (χ3v) is 5.38. The highest BCUT2D eigenvalue weighted by Gasteiger charge is 2.39. The molecular weight excluding hydrogens is 264 g/mol. The van der Waals surface area contributed by atoms with Crippen LogP contribution in [0, 0.1) is 13.8 Å². The molecule has 3 rings (SSSR count).